The first-order valence-electron chi connectivity index (χ1n) is 7.45. The minimum absolute atomic E-state index is 0. The summed E-state index contributed by atoms with van der Waals surface area (Å²) in [6.45, 7) is 4.25. The lowest BCUT2D eigenvalue weighted by Gasteiger charge is -2.16. The minimum atomic E-state index is -0.553. The molecule has 1 aromatic rings. The highest BCUT2D eigenvalue weighted by Crippen LogP contribution is 2.26. The van der Waals surface area contributed by atoms with E-state index in [2.05, 4.69) is 5.32 Å². The summed E-state index contributed by atoms with van der Waals surface area (Å²) in [4.78, 5) is 25.5. The van der Waals surface area contributed by atoms with Gasteiger partial charge in [-0.1, -0.05) is 13.3 Å². The number of ether oxygens (including phenoxy) is 1. The van der Waals surface area contributed by atoms with Gasteiger partial charge < -0.3 is 20.7 Å². The molecule has 1 rings (SSSR count). The average Bonchev–Trinajstić information content (AvgIpc) is 2.48. The molecule has 0 bridgehead atoms. The van der Waals surface area contributed by atoms with Crippen molar-refractivity contribution in [2.24, 2.45) is 5.73 Å². The molecule has 2 amide bonds. The first-order chi connectivity index (χ1) is 10.4. The van der Waals surface area contributed by atoms with Crippen molar-refractivity contribution in [3.63, 3.8) is 0 Å². The Morgan fingerprint density at radius 2 is 1.96 bits per heavy atom. The van der Waals surface area contributed by atoms with E-state index < -0.39 is 6.04 Å². The van der Waals surface area contributed by atoms with Gasteiger partial charge >= 0.3 is 0 Å². The molecule has 0 radical (unpaired) electrons. The van der Waals surface area contributed by atoms with Gasteiger partial charge in [-0.2, -0.15) is 0 Å². The first kappa shape index (κ1) is 21.2. The second-order valence-electron chi connectivity index (χ2n) is 5.23. The number of anilines is 1. The SMILES string of the molecule is CCCC(N)C(=O)Nc1ccc(C(=O)N(C)C)cc1OCC.Cl. The quantitative estimate of drug-likeness (QED) is 0.795. The number of rotatable bonds is 7. The van der Waals surface area contributed by atoms with E-state index in [1.54, 1.807) is 32.3 Å². The number of benzene rings is 1. The van der Waals surface area contributed by atoms with Gasteiger partial charge in [-0.25, -0.2) is 0 Å². The summed E-state index contributed by atoms with van der Waals surface area (Å²) >= 11 is 0. The van der Waals surface area contributed by atoms with Gasteiger partial charge in [0.2, 0.25) is 5.91 Å². The van der Waals surface area contributed by atoms with Crippen LogP contribution in [0.3, 0.4) is 0 Å². The number of carbonyl (C=O) groups excluding carboxylic acids is 2. The van der Waals surface area contributed by atoms with E-state index in [1.165, 1.54) is 4.90 Å². The van der Waals surface area contributed by atoms with Crippen LogP contribution in [0.2, 0.25) is 0 Å². The smallest absolute Gasteiger partial charge is 0.253 e. The van der Waals surface area contributed by atoms with Gasteiger partial charge in [-0.05, 0) is 31.5 Å². The maximum Gasteiger partial charge on any atom is 0.253 e. The normalized spacial score (nSPS) is 11.2. The standard InChI is InChI=1S/C16H25N3O3.ClH/c1-5-7-12(17)15(20)18-13-9-8-11(16(21)19(3)4)10-14(13)22-6-2;/h8-10,12H,5-7,17H2,1-4H3,(H,18,20);1H. The third kappa shape index (κ3) is 6.08. The van der Waals surface area contributed by atoms with Gasteiger partial charge in [0.05, 0.1) is 18.3 Å². The van der Waals surface area contributed by atoms with Crippen LogP contribution in [0.1, 0.15) is 37.0 Å². The molecule has 0 spiro atoms. The van der Waals surface area contributed by atoms with Crippen LogP contribution in [0.25, 0.3) is 0 Å². The maximum atomic E-state index is 12.0. The summed E-state index contributed by atoms with van der Waals surface area (Å²) in [5.74, 6) is 0.0863. The molecule has 6 nitrogen and oxygen atoms in total. The third-order valence-corrected chi connectivity index (χ3v) is 3.13. The zero-order valence-electron chi connectivity index (χ0n) is 14.1. The number of nitrogens with two attached hydrogens (primary N) is 1. The number of amides is 2. The fourth-order valence-electron chi connectivity index (χ4n) is 1.96. The van der Waals surface area contributed by atoms with Crippen molar-refractivity contribution in [2.75, 3.05) is 26.0 Å². The Morgan fingerprint density at radius 3 is 2.48 bits per heavy atom. The second-order valence-corrected chi connectivity index (χ2v) is 5.23. The molecule has 0 aromatic heterocycles. The lowest BCUT2D eigenvalue weighted by molar-refractivity contribution is -0.117. The largest absolute Gasteiger partial charge is 0.492 e. The Hall–Kier alpha value is -1.79. The molecular weight excluding hydrogens is 318 g/mol. The lowest BCUT2D eigenvalue weighted by atomic mass is 10.1. The molecule has 130 valence electrons. The Labute approximate surface area is 143 Å². The van der Waals surface area contributed by atoms with E-state index in [0.717, 1.165) is 6.42 Å². The zero-order chi connectivity index (χ0) is 16.7. The molecular formula is C16H26ClN3O3. The Balaban J connectivity index is 0.00000484. The molecule has 23 heavy (non-hydrogen) atoms. The van der Waals surface area contributed by atoms with Crippen molar-refractivity contribution in [3.05, 3.63) is 23.8 Å². The van der Waals surface area contributed by atoms with Gasteiger partial charge in [0.1, 0.15) is 5.75 Å². The average molecular weight is 344 g/mol. The predicted octanol–water partition coefficient (Wildman–Crippen LogP) is 2.27. The van der Waals surface area contributed by atoms with Crippen LogP contribution in [-0.4, -0.2) is 43.5 Å². The summed E-state index contributed by atoms with van der Waals surface area (Å²) in [5.41, 5.74) is 6.83. The molecule has 0 aliphatic rings. The lowest BCUT2D eigenvalue weighted by Crippen LogP contribution is -2.35. The number of hydrogen-bond acceptors (Lipinski definition) is 4. The van der Waals surface area contributed by atoms with Crippen molar-refractivity contribution in [1.82, 2.24) is 4.90 Å². The molecule has 0 heterocycles. The van der Waals surface area contributed by atoms with E-state index in [4.69, 9.17) is 10.5 Å². The van der Waals surface area contributed by atoms with E-state index in [1.807, 2.05) is 13.8 Å². The number of nitrogens with zero attached hydrogens (tertiary/aromatic N) is 1. The summed E-state index contributed by atoms with van der Waals surface area (Å²) in [7, 11) is 3.37. The fourth-order valence-corrected chi connectivity index (χ4v) is 1.96. The Bertz CT molecular complexity index is 535. The molecule has 3 N–H and O–H groups in total. The Kier molecular flexibility index (Phi) is 9.29. The van der Waals surface area contributed by atoms with Crippen LogP contribution in [0.15, 0.2) is 18.2 Å². The molecule has 7 heteroatoms. The fraction of sp³-hybridized carbons (Fsp3) is 0.500. The number of hydrogen-bond donors (Lipinski definition) is 2. The highest BCUT2D eigenvalue weighted by atomic mass is 35.5. The van der Waals surface area contributed by atoms with Crippen LogP contribution >= 0.6 is 12.4 Å². The van der Waals surface area contributed by atoms with Crippen molar-refractivity contribution < 1.29 is 14.3 Å². The summed E-state index contributed by atoms with van der Waals surface area (Å²) in [6, 6.07) is 4.40. The van der Waals surface area contributed by atoms with Crippen LogP contribution in [0.5, 0.6) is 5.75 Å². The van der Waals surface area contributed by atoms with E-state index >= 15 is 0 Å². The van der Waals surface area contributed by atoms with Crippen molar-refractivity contribution in [3.8, 4) is 5.75 Å². The summed E-state index contributed by atoms with van der Waals surface area (Å²) < 4.78 is 5.52. The van der Waals surface area contributed by atoms with Gasteiger partial charge in [0.25, 0.3) is 5.91 Å². The molecule has 0 aliphatic carbocycles. The van der Waals surface area contributed by atoms with Gasteiger partial charge in [0, 0.05) is 19.7 Å². The van der Waals surface area contributed by atoms with Crippen molar-refractivity contribution in [1.29, 1.82) is 0 Å². The van der Waals surface area contributed by atoms with Crippen LogP contribution in [0.4, 0.5) is 5.69 Å². The van der Waals surface area contributed by atoms with Crippen LogP contribution in [0, 0.1) is 0 Å². The molecule has 0 fully saturated rings. The molecule has 0 saturated carbocycles. The summed E-state index contributed by atoms with van der Waals surface area (Å²) in [6.07, 6.45) is 1.45. The van der Waals surface area contributed by atoms with Gasteiger partial charge in [-0.3, -0.25) is 9.59 Å². The van der Waals surface area contributed by atoms with E-state index in [0.29, 0.717) is 30.0 Å². The number of nitrogens with one attached hydrogen (secondary N) is 1. The first-order valence-corrected chi connectivity index (χ1v) is 7.45. The van der Waals surface area contributed by atoms with Crippen molar-refractivity contribution in [2.45, 2.75) is 32.7 Å². The number of carbonyl (C=O) groups is 2. The van der Waals surface area contributed by atoms with Gasteiger partial charge in [0.15, 0.2) is 0 Å². The van der Waals surface area contributed by atoms with Crippen LogP contribution < -0.4 is 15.8 Å². The molecule has 1 atom stereocenters. The molecule has 1 unspecified atom stereocenters. The highest BCUT2D eigenvalue weighted by Gasteiger charge is 2.17. The molecule has 0 aliphatic heterocycles. The number of halogens is 1. The topological polar surface area (TPSA) is 84.7 Å². The van der Waals surface area contributed by atoms with Crippen molar-refractivity contribution >= 4 is 29.9 Å². The minimum Gasteiger partial charge on any atom is -0.492 e. The predicted molar refractivity (Wildman–Crippen MR) is 94.4 cm³/mol. The molecule has 1 aromatic carbocycles. The van der Waals surface area contributed by atoms with Gasteiger partial charge in [-0.15, -0.1) is 12.4 Å². The van der Waals surface area contributed by atoms with E-state index in [-0.39, 0.29) is 24.2 Å². The third-order valence-electron chi connectivity index (χ3n) is 3.13. The highest BCUT2D eigenvalue weighted by molar-refractivity contribution is 5.98. The maximum absolute atomic E-state index is 12.0. The Morgan fingerprint density at radius 1 is 1.30 bits per heavy atom. The zero-order valence-corrected chi connectivity index (χ0v) is 14.9. The monoisotopic (exact) mass is 343 g/mol. The van der Waals surface area contributed by atoms with Crippen LogP contribution in [-0.2, 0) is 4.79 Å². The molecule has 0 saturated heterocycles. The van der Waals surface area contributed by atoms with E-state index in [9.17, 15) is 9.59 Å². The summed E-state index contributed by atoms with van der Waals surface area (Å²) in [5, 5.41) is 2.76. The second kappa shape index (κ2) is 10.1.